The lowest BCUT2D eigenvalue weighted by atomic mass is 10.2. The van der Waals surface area contributed by atoms with Gasteiger partial charge in [-0.3, -0.25) is 0 Å². The van der Waals surface area contributed by atoms with Crippen molar-refractivity contribution < 1.29 is 5.11 Å². The predicted octanol–water partition coefficient (Wildman–Crippen LogP) is 0.997. The number of hydrogen-bond acceptors (Lipinski definition) is 5. The molecule has 0 fully saturated rings. The van der Waals surface area contributed by atoms with Gasteiger partial charge in [0.15, 0.2) is 0 Å². The van der Waals surface area contributed by atoms with Crippen molar-refractivity contribution >= 4 is 11.6 Å². The molecule has 5 nitrogen and oxygen atoms in total. The smallest absolute Gasteiger partial charge is 0.133 e. The molecule has 0 bridgehead atoms. The average molecular weight is 238 g/mol. The lowest BCUT2D eigenvalue weighted by molar-refractivity contribution is 0.304. The van der Waals surface area contributed by atoms with Crippen LogP contribution in [0.4, 0.5) is 11.6 Å². The van der Waals surface area contributed by atoms with E-state index in [1.54, 1.807) is 6.33 Å². The number of aliphatic hydroxyl groups is 1. The lowest BCUT2D eigenvalue weighted by Gasteiger charge is -2.22. The first-order valence-electron chi connectivity index (χ1n) is 5.89. The monoisotopic (exact) mass is 238 g/mol. The van der Waals surface area contributed by atoms with Crippen molar-refractivity contribution in [2.75, 3.05) is 43.6 Å². The molecule has 1 rings (SSSR count). The van der Waals surface area contributed by atoms with Gasteiger partial charge in [0.1, 0.15) is 18.0 Å². The Bertz CT molecular complexity index is 343. The lowest BCUT2D eigenvalue weighted by Crippen LogP contribution is -2.25. The van der Waals surface area contributed by atoms with Crippen molar-refractivity contribution in [2.45, 2.75) is 13.8 Å². The Kier molecular flexibility index (Phi) is 5.15. The van der Waals surface area contributed by atoms with Crippen LogP contribution in [-0.2, 0) is 0 Å². The Morgan fingerprint density at radius 3 is 2.29 bits per heavy atom. The summed E-state index contributed by atoms with van der Waals surface area (Å²) in [4.78, 5) is 12.5. The largest absolute Gasteiger partial charge is 0.395 e. The molecule has 0 amide bonds. The first-order chi connectivity index (χ1) is 8.04. The molecule has 0 aromatic carbocycles. The molecule has 0 saturated heterocycles. The van der Waals surface area contributed by atoms with E-state index < -0.39 is 0 Å². The van der Waals surface area contributed by atoms with Crippen LogP contribution in [0.1, 0.15) is 13.8 Å². The summed E-state index contributed by atoms with van der Waals surface area (Å²) in [5.41, 5.74) is 0. The Hall–Kier alpha value is -1.36. The summed E-state index contributed by atoms with van der Waals surface area (Å²) in [7, 11) is 3.93. The zero-order chi connectivity index (χ0) is 12.8. The molecule has 1 N–H and O–H groups in total. The molecule has 0 saturated carbocycles. The normalized spacial score (nSPS) is 10.7. The number of rotatable bonds is 6. The molecular formula is C12H22N4O. The number of aliphatic hydroxyl groups excluding tert-OH is 1. The van der Waals surface area contributed by atoms with E-state index in [1.807, 2.05) is 25.1 Å². The maximum absolute atomic E-state index is 8.90. The topological polar surface area (TPSA) is 52.5 Å². The van der Waals surface area contributed by atoms with Gasteiger partial charge in [-0.25, -0.2) is 9.97 Å². The maximum atomic E-state index is 8.90. The van der Waals surface area contributed by atoms with Crippen LogP contribution in [0.3, 0.4) is 0 Å². The van der Waals surface area contributed by atoms with Gasteiger partial charge in [-0.2, -0.15) is 0 Å². The molecule has 0 radical (unpaired) electrons. The zero-order valence-corrected chi connectivity index (χ0v) is 11.1. The third-order valence-electron chi connectivity index (χ3n) is 2.49. The fourth-order valence-electron chi connectivity index (χ4n) is 1.66. The van der Waals surface area contributed by atoms with Gasteiger partial charge in [0.25, 0.3) is 0 Å². The SMILES string of the molecule is CC(C)CN(C)c1cc(N(C)CCO)ncn1. The van der Waals surface area contributed by atoms with Crippen LogP contribution in [0.2, 0.25) is 0 Å². The van der Waals surface area contributed by atoms with Crippen LogP contribution in [0.15, 0.2) is 12.4 Å². The van der Waals surface area contributed by atoms with E-state index in [9.17, 15) is 0 Å². The minimum absolute atomic E-state index is 0.123. The van der Waals surface area contributed by atoms with Crippen LogP contribution >= 0.6 is 0 Å². The Labute approximate surface area is 103 Å². The van der Waals surface area contributed by atoms with E-state index in [0.29, 0.717) is 12.5 Å². The summed E-state index contributed by atoms with van der Waals surface area (Å²) in [5.74, 6) is 2.33. The summed E-state index contributed by atoms with van der Waals surface area (Å²) in [6.45, 7) is 6.01. The molecule has 0 aliphatic carbocycles. The van der Waals surface area contributed by atoms with Crippen LogP contribution in [0, 0.1) is 5.92 Å². The van der Waals surface area contributed by atoms with Crippen LogP contribution < -0.4 is 9.80 Å². The van der Waals surface area contributed by atoms with E-state index in [-0.39, 0.29) is 6.61 Å². The van der Waals surface area contributed by atoms with Crippen LogP contribution in [0.25, 0.3) is 0 Å². The van der Waals surface area contributed by atoms with Crippen molar-refractivity contribution in [3.8, 4) is 0 Å². The molecule has 0 aliphatic rings. The number of nitrogens with zero attached hydrogens (tertiary/aromatic N) is 4. The van der Waals surface area contributed by atoms with Crippen LogP contribution in [0.5, 0.6) is 0 Å². The van der Waals surface area contributed by atoms with Gasteiger partial charge in [0.2, 0.25) is 0 Å². The highest BCUT2D eigenvalue weighted by Gasteiger charge is 2.08. The summed E-state index contributed by atoms with van der Waals surface area (Å²) in [6.07, 6.45) is 1.56. The molecule has 1 aromatic rings. The molecule has 17 heavy (non-hydrogen) atoms. The molecular weight excluding hydrogens is 216 g/mol. The molecule has 0 spiro atoms. The van der Waals surface area contributed by atoms with E-state index in [1.165, 1.54) is 0 Å². The third-order valence-corrected chi connectivity index (χ3v) is 2.49. The van der Waals surface area contributed by atoms with E-state index in [2.05, 4.69) is 28.7 Å². The molecule has 1 aromatic heterocycles. The Balaban J connectivity index is 2.77. The summed E-state index contributed by atoms with van der Waals surface area (Å²) in [6, 6.07) is 1.94. The predicted molar refractivity (Wildman–Crippen MR) is 70.5 cm³/mol. The minimum Gasteiger partial charge on any atom is -0.395 e. The fraction of sp³-hybridized carbons (Fsp3) is 0.667. The van der Waals surface area contributed by atoms with Gasteiger partial charge >= 0.3 is 0 Å². The fourth-order valence-corrected chi connectivity index (χ4v) is 1.66. The number of hydrogen-bond donors (Lipinski definition) is 1. The van der Waals surface area contributed by atoms with Crippen molar-refractivity contribution in [2.24, 2.45) is 5.92 Å². The van der Waals surface area contributed by atoms with E-state index in [0.717, 1.165) is 18.2 Å². The van der Waals surface area contributed by atoms with Crippen LogP contribution in [-0.4, -0.2) is 48.9 Å². The summed E-state index contributed by atoms with van der Waals surface area (Å²) < 4.78 is 0. The third kappa shape index (κ3) is 4.19. The average Bonchev–Trinajstić information content (AvgIpc) is 2.28. The second-order valence-electron chi connectivity index (χ2n) is 4.65. The first kappa shape index (κ1) is 13.7. The quantitative estimate of drug-likeness (QED) is 0.801. The Morgan fingerprint density at radius 2 is 1.76 bits per heavy atom. The van der Waals surface area contributed by atoms with E-state index >= 15 is 0 Å². The molecule has 0 atom stereocenters. The molecule has 5 heteroatoms. The van der Waals surface area contributed by atoms with Gasteiger partial charge in [0.05, 0.1) is 6.61 Å². The first-order valence-corrected chi connectivity index (χ1v) is 5.89. The standard InChI is InChI=1S/C12H22N4O/c1-10(2)8-16(4)12-7-11(13-9-14-12)15(3)5-6-17/h7,9-10,17H,5-6,8H2,1-4H3. The Morgan fingerprint density at radius 1 is 1.18 bits per heavy atom. The van der Waals surface area contributed by atoms with Gasteiger partial charge < -0.3 is 14.9 Å². The minimum atomic E-state index is 0.123. The number of anilines is 2. The zero-order valence-electron chi connectivity index (χ0n) is 11.1. The molecule has 0 unspecified atom stereocenters. The molecule has 1 heterocycles. The van der Waals surface area contributed by atoms with Crippen molar-refractivity contribution in [1.82, 2.24) is 9.97 Å². The highest BCUT2D eigenvalue weighted by atomic mass is 16.3. The van der Waals surface area contributed by atoms with Crippen molar-refractivity contribution in [3.05, 3.63) is 12.4 Å². The second-order valence-corrected chi connectivity index (χ2v) is 4.65. The van der Waals surface area contributed by atoms with Gasteiger partial charge in [-0.05, 0) is 5.92 Å². The highest BCUT2D eigenvalue weighted by molar-refractivity contribution is 5.49. The van der Waals surface area contributed by atoms with Crippen molar-refractivity contribution in [3.63, 3.8) is 0 Å². The number of likely N-dealkylation sites (N-methyl/N-ethyl adjacent to an activating group) is 1. The van der Waals surface area contributed by atoms with Gasteiger partial charge in [0, 0.05) is 33.3 Å². The summed E-state index contributed by atoms with van der Waals surface area (Å²) in [5, 5.41) is 8.90. The highest BCUT2D eigenvalue weighted by Crippen LogP contribution is 2.16. The molecule has 96 valence electrons. The van der Waals surface area contributed by atoms with Crippen molar-refractivity contribution in [1.29, 1.82) is 0 Å². The number of aromatic nitrogens is 2. The molecule has 0 aliphatic heterocycles. The van der Waals surface area contributed by atoms with E-state index in [4.69, 9.17) is 5.11 Å². The summed E-state index contributed by atoms with van der Waals surface area (Å²) >= 11 is 0. The second kappa shape index (κ2) is 6.39. The van der Waals surface area contributed by atoms with Gasteiger partial charge in [-0.15, -0.1) is 0 Å². The maximum Gasteiger partial charge on any atom is 0.133 e. The van der Waals surface area contributed by atoms with Gasteiger partial charge in [-0.1, -0.05) is 13.8 Å².